The van der Waals surface area contributed by atoms with Gasteiger partial charge in [-0.15, -0.1) is 0 Å². The fourth-order valence-electron chi connectivity index (χ4n) is 4.37. The second-order valence-corrected chi connectivity index (χ2v) is 7.38. The van der Waals surface area contributed by atoms with Gasteiger partial charge in [0, 0.05) is 0 Å². The van der Waals surface area contributed by atoms with E-state index >= 15 is 0 Å². The van der Waals surface area contributed by atoms with E-state index in [1.54, 1.807) is 5.57 Å². The van der Waals surface area contributed by atoms with Crippen molar-refractivity contribution in [2.75, 3.05) is 0 Å². The van der Waals surface area contributed by atoms with Gasteiger partial charge >= 0.3 is 0 Å². The van der Waals surface area contributed by atoms with Crippen LogP contribution in [0.2, 0.25) is 0 Å². The minimum Gasteiger partial charge on any atom is -0.0844 e. The van der Waals surface area contributed by atoms with E-state index in [2.05, 4.69) is 13.0 Å². The molecule has 0 heterocycles. The summed E-state index contributed by atoms with van der Waals surface area (Å²) in [5, 5.41) is 0. The maximum absolute atomic E-state index is 2.52. The minimum absolute atomic E-state index is 0.670. The van der Waals surface area contributed by atoms with E-state index in [0.29, 0.717) is 5.41 Å². The maximum Gasteiger partial charge on any atom is -0.00848 e. The SMILES string of the molecule is CC.CC1(C2=CCC2)CC1CCCCC1CCCCC1. The van der Waals surface area contributed by atoms with E-state index in [9.17, 15) is 0 Å². The number of allylic oxidation sites excluding steroid dienone is 2. The summed E-state index contributed by atoms with van der Waals surface area (Å²) in [5.41, 5.74) is 2.48. The van der Waals surface area contributed by atoms with Crippen LogP contribution in [0, 0.1) is 17.3 Å². The zero-order valence-corrected chi connectivity index (χ0v) is 14.2. The van der Waals surface area contributed by atoms with Crippen LogP contribution in [0.25, 0.3) is 0 Å². The molecular weight excluding hydrogens is 240 g/mol. The molecule has 0 spiro atoms. The molecule has 0 aromatic carbocycles. The lowest BCUT2D eigenvalue weighted by atomic mass is 9.83. The van der Waals surface area contributed by atoms with E-state index in [0.717, 1.165) is 11.8 Å². The lowest BCUT2D eigenvalue weighted by Crippen LogP contribution is -2.09. The van der Waals surface area contributed by atoms with Gasteiger partial charge in [0.15, 0.2) is 0 Å². The summed E-state index contributed by atoms with van der Waals surface area (Å²) in [6.45, 7) is 6.52. The molecule has 0 aromatic rings. The Balaban J connectivity index is 0.000000704. The fourth-order valence-corrected chi connectivity index (χ4v) is 4.37. The molecule has 0 aliphatic heterocycles. The summed E-state index contributed by atoms with van der Waals surface area (Å²) in [5.74, 6) is 2.15. The Bertz CT molecular complexity index is 308. The van der Waals surface area contributed by atoms with Crippen LogP contribution in [-0.2, 0) is 0 Å². The third kappa shape index (κ3) is 3.89. The van der Waals surface area contributed by atoms with Gasteiger partial charge in [-0.25, -0.2) is 0 Å². The van der Waals surface area contributed by atoms with E-state index in [4.69, 9.17) is 0 Å². The molecule has 20 heavy (non-hydrogen) atoms. The highest BCUT2D eigenvalue weighted by molar-refractivity contribution is 5.29. The molecule has 0 radical (unpaired) electrons. The third-order valence-corrected chi connectivity index (χ3v) is 6.09. The van der Waals surface area contributed by atoms with Crippen molar-refractivity contribution in [3.05, 3.63) is 11.6 Å². The van der Waals surface area contributed by atoms with Gasteiger partial charge in [0.1, 0.15) is 0 Å². The molecule has 2 unspecified atom stereocenters. The summed E-state index contributed by atoms with van der Waals surface area (Å²) in [7, 11) is 0. The molecule has 3 aliphatic carbocycles. The van der Waals surface area contributed by atoms with Crippen LogP contribution < -0.4 is 0 Å². The van der Waals surface area contributed by atoms with Gasteiger partial charge in [0.25, 0.3) is 0 Å². The molecule has 0 heteroatoms. The van der Waals surface area contributed by atoms with Gasteiger partial charge in [-0.2, -0.15) is 0 Å². The lowest BCUT2D eigenvalue weighted by Gasteiger charge is -2.23. The van der Waals surface area contributed by atoms with Crippen molar-refractivity contribution >= 4 is 0 Å². The Morgan fingerprint density at radius 1 is 1.05 bits per heavy atom. The first-order chi connectivity index (χ1) is 9.79. The zero-order valence-electron chi connectivity index (χ0n) is 14.2. The van der Waals surface area contributed by atoms with Crippen molar-refractivity contribution in [2.45, 2.75) is 97.8 Å². The summed E-state index contributed by atoms with van der Waals surface area (Å²) in [6.07, 6.45) is 20.4. The van der Waals surface area contributed by atoms with Crippen LogP contribution in [0.15, 0.2) is 11.6 Å². The van der Waals surface area contributed by atoms with Crippen LogP contribution in [0.1, 0.15) is 97.8 Å². The van der Waals surface area contributed by atoms with Gasteiger partial charge < -0.3 is 0 Å². The van der Waals surface area contributed by atoms with Gasteiger partial charge in [0.05, 0.1) is 0 Å². The third-order valence-electron chi connectivity index (χ3n) is 6.09. The predicted molar refractivity (Wildman–Crippen MR) is 89.9 cm³/mol. The topological polar surface area (TPSA) is 0 Å². The quantitative estimate of drug-likeness (QED) is 0.365. The Kier molecular flexibility index (Phi) is 6.18. The second kappa shape index (κ2) is 7.66. The Hall–Kier alpha value is -0.260. The molecule has 2 atom stereocenters. The first-order valence-electron chi connectivity index (χ1n) is 9.48. The molecule has 116 valence electrons. The van der Waals surface area contributed by atoms with Gasteiger partial charge in [0.2, 0.25) is 0 Å². The Morgan fingerprint density at radius 2 is 1.70 bits per heavy atom. The average molecular weight is 277 g/mol. The van der Waals surface area contributed by atoms with E-state index in [1.807, 2.05) is 13.8 Å². The van der Waals surface area contributed by atoms with Crippen molar-refractivity contribution < 1.29 is 0 Å². The van der Waals surface area contributed by atoms with Gasteiger partial charge in [-0.05, 0) is 42.9 Å². The summed E-state index contributed by atoms with van der Waals surface area (Å²) >= 11 is 0. The Morgan fingerprint density at radius 3 is 2.30 bits per heavy atom. The number of rotatable bonds is 6. The molecule has 2 saturated carbocycles. The minimum atomic E-state index is 0.670. The van der Waals surface area contributed by atoms with Crippen molar-refractivity contribution in [3.8, 4) is 0 Å². The van der Waals surface area contributed by atoms with Crippen LogP contribution in [0.3, 0.4) is 0 Å². The highest BCUT2D eigenvalue weighted by Crippen LogP contribution is 2.62. The second-order valence-electron chi connectivity index (χ2n) is 7.38. The number of unbranched alkanes of at least 4 members (excludes halogenated alkanes) is 1. The molecule has 0 amide bonds. The van der Waals surface area contributed by atoms with Crippen molar-refractivity contribution in [3.63, 3.8) is 0 Å². The van der Waals surface area contributed by atoms with Crippen LogP contribution >= 0.6 is 0 Å². The lowest BCUT2D eigenvalue weighted by molar-refractivity contribution is 0.326. The average Bonchev–Trinajstić information content (AvgIpc) is 3.07. The van der Waals surface area contributed by atoms with Gasteiger partial charge in [-0.3, -0.25) is 0 Å². The van der Waals surface area contributed by atoms with Crippen LogP contribution in [-0.4, -0.2) is 0 Å². The van der Waals surface area contributed by atoms with Crippen LogP contribution in [0.5, 0.6) is 0 Å². The summed E-state index contributed by atoms with van der Waals surface area (Å²) < 4.78 is 0. The molecular formula is C20H36. The zero-order chi connectivity index (χ0) is 14.4. The first-order valence-corrected chi connectivity index (χ1v) is 9.48. The normalized spacial score (nSPS) is 32.8. The van der Waals surface area contributed by atoms with Crippen LogP contribution in [0.4, 0.5) is 0 Å². The molecule has 2 fully saturated rings. The molecule has 0 saturated heterocycles. The molecule has 0 bridgehead atoms. The fraction of sp³-hybridized carbons (Fsp3) is 0.900. The molecule has 0 nitrogen and oxygen atoms in total. The van der Waals surface area contributed by atoms with Crippen molar-refractivity contribution in [1.82, 2.24) is 0 Å². The highest BCUT2D eigenvalue weighted by atomic mass is 14.6. The van der Waals surface area contributed by atoms with Crippen molar-refractivity contribution in [2.24, 2.45) is 17.3 Å². The van der Waals surface area contributed by atoms with E-state index in [1.165, 1.54) is 77.0 Å². The Labute approximate surface area is 127 Å². The van der Waals surface area contributed by atoms with E-state index in [-0.39, 0.29) is 0 Å². The molecule has 3 aliphatic rings. The molecule has 0 aromatic heterocycles. The highest BCUT2D eigenvalue weighted by Gasteiger charge is 2.52. The summed E-state index contributed by atoms with van der Waals surface area (Å²) in [6, 6.07) is 0. The first kappa shape index (κ1) is 16.1. The monoisotopic (exact) mass is 276 g/mol. The molecule has 3 rings (SSSR count). The molecule has 0 N–H and O–H groups in total. The summed E-state index contributed by atoms with van der Waals surface area (Å²) in [4.78, 5) is 0. The van der Waals surface area contributed by atoms with Crippen molar-refractivity contribution in [1.29, 1.82) is 0 Å². The van der Waals surface area contributed by atoms with E-state index < -0.39 is 0 Å². The van der Waals surface area contributed by atoms with Gasteiger partial charge in [-0.1, -0.05) is 83.8 Å². The number of hydrogen-bond donors (Lipinski definition) is 0. The standard InChI is InChI=1S/C18H30.C2H6/c1-18(16-12-7-13-16)14-17(18)11-6-5-10-15-8-3-2-4-9-15;1-2/h12,15,17H,2-11,13-14H2,1H3;1-2H3. The smallest absolute Gasteiger partial charge is 0.00848 e. The maximum atomic E-state index is 2.52. The largest absolute Gasteiger partial charge is 0.0844 e. The predicted octanol–water partition coefficient (Wildman–Crippen LogP) is 6.90. The number of hydrogen-bond acceptors (Lipinski definition) is 0.